The molecule has 1 aromatic heterocycles. The molecule has 6 rings (SSSR count). The Morgan fingerprint density at radius 2 is 1.28 bits per heavy atom. The lowest BCUT2D eigenvalue weighted by Gasteiger charge is -2.32. The van der Waals surface area contributed by atoms with E-state index >= 15 is 0 Å². The normalized spacial score (nSPS) is 23.7. The predicted octanol–water partition coefficient (Wildman–Crippen LogP) is 2.94. The first-order valence-electron chi connectivity index (χ1n) is 15.3. The molecule has 0 saturated carbocycles. The minimum Gasteiger partial charge on any atom is -0.361 e. The third kappa shape index (κ3) is 6.72. The summed E-state index contributed by atoms with van der Waals surface area (Å²) in [4.78, 5) is 63.6. The second-order valence-corrected chi connectivity index (χ2v) is 11.7. The zero-order chi connectivity index (χ0) is 32.0. The standard InChI is InChI=1S/C34H34N8O4/c35-41-40-24-18-30-33(45)38-27(15-21-9-3-1-4-10-21)31(43)37-28(17-23-19-36-26-14-8-7-13-25(23)26)32(44)39-29(34(46)42(30)20-24)16-22-11-5-2-6-12-22/h1-14,19,24,27-30,36H,15-18,20H2,(H,37,43)(H,38,45)(H,39,44)/t24-,27-,28+,29-,30+/m0/s1. The third-order valence-corrected chi connectivity index (χ3v) is 8.62. The molecule has 0 radical (unpaired) electrons. The topological polar surface area (TPSA) is 172 Å². The molecule has 0 unspecified atom stereocenters. The Morgan fingerprint density at radius 3 is 1.96 bits per heavy atom. The van der Waals surface area contributed by atoms with Crippen LogP contribution < -0.4 is 16.0 Å². The molecule has 2 fully saturated rings. The van der Waals surface area contributed by atoms with E-state index in [4.69, 9.17) is 5.53 Å². The Hall–Kier alpha value is -5.61. The Balaban J connectivity index is 1.38. The van der Waals surface area contributed by atoms with Crippen molar-refractivity contribution in [3.05, 3.63) is 118 Å². The first-order valence-corrected chi connectivity index (χ1v) is 15.3. The van der Waals surface area contributed by atoms with Gasteiger partial charge in [0.1, 0.15) is 24.2 Å². The Bertz CT molecular complexity index is 1790. The van der Waals surface area contributed by atoms with E-state index in [2.05, 4.69) is 31.0 Å². The quantitative estimate of drug-likeness (QED) is 0.142. The fourth-order valence-electron chi connectivity index (χ4n) is 6.31. The third-order valence-electron chi connectivity index (χ3n) is 8.62. The molecule has 3 aromatic carbocycles. The van der Waals surface area contributed by atoms with Gasteiger partial charge in [0, 0.05) is 47.8 Å². The molecule has 2 saturated heterocycles. The van der Waals surface area contributed by atoms with Gasteiger partial charge in [-0.15, -0.1) is 0 Å². The molecule has 2 aliphatic heterocycles. The number of aromatic amines is 1. The molecule has 4 amide bonds. The van der Waals surface area contributed by atoms with Gasteiger partial charge in [-0.05, 0) is 34.7 Å². The van der Waals surface area contributed by atoms with E-state index in [0.717, 1.165) is 27.6 Å². The van der Waals surface area contributed by atoms with Crippen LogP contribution in [0.15, 0.2) is 96.2 Å². The summed E-state index contributed by atoms with van der Waals surface area (Å²) in [6.45, 7) is 0.0104. The van der Waals surface area contributed by atoms with Gasteiger partial charge in [-0.1, -0.05) is 84.0 Å². The van der Waals surface area contributed by atoms with Crippen molar-refractivity contribution in [3.63, 3.8) is 0 Å². The van der Waals surface area contributed by atoms with Crippen LogP contribution in [0.2, 0.25) is 0 Å². The molecule has 12 heteroatoms. The number of hydrogen-bond acceptors (Lipinski definition) is 5. The monoisotopic (exact) mass is 618 g/mol. The van der Waals surface area contributed by atoms with E-state index in [-0.39, 0.29) is 32.2 Å². The summed E-state index contributed by atoms with van der Waals surface area (Å²) in [5.74, 6) is -2.05. The smallest absolute Gasteiger partial charge is 0.246 e. The van der Waals surface area contributed by atoms with Crippen LogP contribution in [-0.4, -0.2) is 70.3 Å². The highest BCUT2D eigenvalue weighted by molar-refractivity contribution is 5.98. The van der Waals surface area contributed by atoms with E-state index in [1.165, 1.54) is 4.90 Å². The van der Waals surface area contributed by atoms with E-state index in [1.807, 2.05) is 84.9 Å². The van der Waals surface area contributed by atoms with E-state index in [1.54, 1.807) is 6.20 Å². The highest BCUT2D eigenvalue weighted by Crippen LogP contribution is 2.24. The van der Waals surface area contributed by atoms with Crippen molar-refractivity contribution in [2.45, 2.75) is 55.9 Å². The summed E-state index contributed by atoms with van der Waals surface area (Å²) in [6, 6.07) is 21.4. The maximum Gasteiger partial charge on any atom is 0.246 e. The molecule has 2 aliphatic rings. The average Bonchev–Trinajstić information content (AvgIpc) is 3.68. The zero-order valence-electron chi connectivity index (χ0n) is 25.0. The molecule has 3 heterocycles. The number of carbonyl (C=O) groups is 4. The largest absolute Gasteiger partial charge is 0.361 e. The lowest BCUT2D eigenvalue weighted by molar-refractivity contribution is -0.143. The highest BCUT2D eigenvalue weighted by atomic mass is 16.2. The van der Waals surface area contributed by atoms with Gasteiger partial charge >= 0.3 is 0 Å². The second-order valence-electron chi connectivity index (χ2n) is 11.7. The van der Waals surface area contributed by atoms with Gasteiger partial charge < -0.3 is 25.8 Å². The lowest BCUT2D eigenvalue weighted by Crippen LogP contribution is -2.62. The molecule has 0 bridgehead atoms. The predicted molar refractivity (Wildman–Crippen MR) is 171 cm³/mol. The summed E-state index contributed by atoms with van der Waals surface area (Å²) >= 11 is 0. The number of hydrogen-bond donors (Lipinski definition) is 4. The minimum atomic E-state index is -1.06. The van der Waals surface area contributed by atoms with Crippen molar-refractivity contribution >= 4 is 34.5 Å². The fourth-order valence-corrected chi connectivity index (χ4v) is 6.31. The molecule has 46 heavy (non-hydrogen) atoms. The van der Waals surface area contributed by atoms with Crippen molar-refractivity contribution < 1.29 is 19.2 Å². The van der Waals surface area contributed by atoms with Gasteiger partial charge in [-0.2, -0.15) is 0 Å². The van der Waals surface area contributed by atoms with E-state index in [0.29, 0.717) is 0 Å². The Morgan fingerprint density at radius 1 is 0.717 bits per heavy atom. The van der Waals surface area contributed by atoms with Crippen molar-refractivity contribution in [2.24, 2.45) is 5.11 Å². The number of nitrogens with zero attached hydrogens (tertiary/aromatic N) is 4. The van der Waals surface area contributed by atoms with Crippen molar-refractivity contribution in [2.75, 3.05) is 6.54 Å². The van der Waals surface area contributed by atoms with Crippen molar-refractivity contribution in [3.8, 4) is 0 Å². The average molecular weight is 619 g/mol. The number of nitrogens with one attached hydrogen (secondary N) is 4. The van der Waals surface area contributed by atoms with Gasteiger partial charge in [0.2, 0.25) is 23.6 Å². The highest BCUT2D eigenvalue weighted by Gasteiger charge is 2.44. The number of H-pyrrole nitrogens is 1. The maximum absolute atomic E-state index is 14.2. The van der Waals surface area contributed by atoms with Crippen LogP contribution in [0.4, 0.5) is 0 Å². The Kier molecular flexibility index (Phi) is 8.98. The van der Waals surface area contributed by atoms with Gasteiger partial charge in [-0.25, -0.2) is 0 Å². The number of para-hydroxylation sites is 1. The summed E-state index contributed by atoms with van der Waals surface area (Å²) in [6.07, 6.45) is 2.37. The SMILES string of the molecule is [N-]=[N+]=N[C@H]1C[C@@H]2C(=O)N[C@@H](Cc3ccccc3)C(=O)N[C@H](Cc3c[nH]c4ccccc34)C(=O)N[C@@H](Cc3ccccc3)C(=O)N2C1. The van der Waals surface area contributed by atoms with Crippen LogP contribution in [0, 0.1) is 0 Å². The molecular weight excluding hydrogens is 584 g/mol. The first kappa shape index (κ1) is 30.4. The second kappa shape index (κ2) is 13.6. The first-order chi connectivity index (χ1) is 22.4. The molecule has 234 valence electrons. The van der Waals surface area contributed by atoms with Crippen LogP contribution in [0.5, 0.6) is 0 Å². The number of carbonyl (C=O) groups excluding carboxylic acids is 4. The Labute approximate surface area is 265 Å². The molecule has 0 aliphatic carbocycles. The summed E-state index contributed by atoms with van der Waals surface area (Å²) in [5.41, 5.74) is 12.4. The van der Waals surface area contributed by atoms with Crippen LogP contribution >= 0.6 is 0 Å². The molecule has 5 atom stereocenters. The van der Waals surface area contributed by atoms with Crippen molar-refractivity contribution in [1.29, 1.82) is 0 Å². The summed E-state index contributed by atoms with van der Waals surface area (Å²) in [5, 5.41) is 13.4. The van der Waals surface area contributed by atoms with Gasteiger partial charge in [0.05, 0.1) is 6.04 Å². The van der Waals surface area contributed by atoms with Crippen molar-refractivity contribution in [1.82, 2.24) is 25.8 Å². The van der Waals surface area contributed by atoms with Gasteiger partial charge in [-0.3, -0.25) is 19.2 Å². The minimum absolute atomic E-state index is 0.0104. The van der Waals surface area contributed by atoms with Crippen LogP contribution in [-0.2, 0) is 38.4 Å². The molecule has 4 N–H and O–H groups in total. The number of aromatic nitrogens is 1. The fraction of sp³-hybridized carbons (Fsp3) is 0.294. The number of azide groups is 1. The number of rotatable bonds is 7. The number of fused-ring (bicyclic) bond motifs is 2. The molecule has 0 spiro atoms. The summed E-state index contributed by atoms with van der Waals surface area (Å²) in [7, 11) is 0. The van der Waals surface area contributed by atoms with E-state index in [9.17, 15) is 19.2 Å². The van der Waals surface area contributed by atoms with Gasteiger partial charge in [0.15, 0.2) is 0 Å². The van der Waals surface area contributed by atoms with E-state index < -0.39 is 53.8 Å². The zero-order valence-corrected chi connectivity index (χ0v) is 25.0. The molecular formula is C34H34N8O4. The number of amides is 4. The van der Waals surface area contributed by atoms with Crippen LogP contribution in [0.3, 0.4) is 0 Å². The molecule has 4 aromatic rings. The lowest BCUT2D eigenvalue weighted by atomic mass is 9.99. The number of benzene rings is 3. The summed E-state index contributed by atoms with van der Waals surface area (Å²) < 4.78 is 0. The molecule has 12 nitrogen and oxygen atoms in total. The maximum atomic E-state index is 14.2. The van der Waals surface area contributed by atoms with Crippen LogP contribution in [0.25, 0.3) is 21.3 Å². The van der Waals surface area contributed by atoms with Crippen LogP contribution in [0.1, 0.15) is 23.1 Å². The van der Waals surface area contributed by atoms with Gasteiger partial charge in [0.25, 0.3) is 0 Å².